The number of halogens is 1. The van der Waals surface area contributed by atoms with Gasteiger partial charge in [-0.1, -0.05) is 49.2 Å². The fourth-order valence-electron chi connectivity index (χ4n) is 1.88. The summed E-state index contributed by atoms with van der Waals surface area (Å²) in [5, 5.41) is 4.78. The molecule has 0 spiro atoms. The molecule has 0 fully saturated rings. The number of hydrogen-bond acceptors (Lipinski definition) is 3. The number of rotatable bonds is 4. The van der Waals surface area contributed by atoms with Crippen molar-refractivity contribution in [3.05, 3.63) is 35.0 Å². The maximum Gasteiger partial charge on any atom is 0.230 e. The van der Waals surface area contributed by atoms with Gasteiger partial charge >= 0.3 is 0 Å². The highest BCUT2D eigenvalue weighted by Gasteiger charge is 2.17. The van der Waals surface area contributed by atoms with E-state index in [1.165, 1.54) is 0 Å². The van der Waals surface area contributed by atoms with Crippen molar-refractivity contribution in [1.82, 2.24) is 5.16 Å². The molecule has 0 aliphatic rings. The highest BCUT2D eigenvalue weighted by Crippen LogP contribution is 2.32. The van der Waals surface area contributed by atoms with E-state index in [4.69, 9.17) is 21.9 Å². The Morgan fingerprint density at radius 2 is 2.00 bits per heavy atom. The zero-order valence-electron chi connectivity index (χ0n) is 10.6. The molecule has 0 saturated carbocycles. The van der Waals surface area contributed by atoms with Crippen molar-refractivity contribution in [2.45, 2.75) is 26.7 Å². The summed E-state index contributed by atoms with van der Waals surface area (Å²) < 4.78 is 5.12. The second-order valence-electron chi connectivity index (χ2n) is 4.59. The van der Waals surface area contributed by atoms with Crippen LogP contribution in [0.3, 0.4) is 0 Å². The second-order valence-corrected chi connectivity index (χ2v) is 5.03. The predicted octanol–water partition coefficient (Wildman–Crippen LogP) is 4.17. The van der Waals surface area contributed by atoms with E-state index < -0.39 is 0 Å². The smallest absolute Gasteiger partial charge is 0.230 e. The molecular formula is C14H17ClN2O. The largest absolute Gasteiger partial charge is 0.367 e. The van der Waals surface area contributed by atoms with Gasteiger partial charge in [0.2, 0.25) is 5.88 Å². The number of anilines is 1. The molecule has 0 aliphatic heterocycles. The maximum atomic E-state index is 5.89. The molecule has 96 valence electrons. The molecule has 0 saturated heterocycles. The molecule has 0 bridgehead atoms. The number of nitrogens with zero attached hydrogens (tertiary/aromatic N) is 1. The van der Waals surface area contributed by atoms with Crippen molar-refractivity contribution in [2.24, 2.45) is 5.92 Å². The summed E-state index contributed by atoms with van der Waals surface area (Å²) in [4.78, 5) is 0. The van der Waals surface area contributed by atoms with E-state index in [9.17, 15) is 0 Å². The monoisotopic (exact) mass is 264 g/mol. The molecule has 1 heterocycles. The van der Waals surface area contributed by atoms with E-state index in [1.807, 2.05) is 24.3 Å². The van der Waals surface area contributed by atoms with Crippen LogP contribution in [-0.2, 0) is 6.42 Å². The van der Waals surface area contributed by atoms with Crippen LogP contribution in [0.1, 0.15) is 26.0 Å². The third-order valence-electron chi connectivity index (χ3n) is 3.16. The van der Waals surface area contributed by atoms with Gasteiger partial charge in [0.15, 0.2) is 0 Å². The third-order valence-corrected chi connectivity index (χ3v) is 3.41. The highest BCUT2D eigenvalue weighted by atomic mass is 35.5. The molecule has 2 aromatic rings. The minimum atomic E-state index is 0.371. The van der Waals surface area contributed by atoms with E-state index in [0.29, 0.717) is 16.8 Å². The summed E-state index contributed by atoms with van der Waals surface area (Å²) in [6.45, 7) is 4.35. The Balaban J connectivity index is 2.37. The molecule has 4 heteroatoms. The Labute approximate surface area is 112 Å². The van der Waals surface area contributed by atoms with Crippen molar-refractivity contribution < 1.29 is 4.52 Å². The normalized spacial score (nSPS) is 12.6. The van der Waals surface area contributed by atoms with Gasteiger partial charge in [-0.05, 0) is 30.0 Å². The summed E-state index contributed by atoms with van der Waals surface area (Å²) in [6, 6.07) is 7.56. The maximum absolute atomic E-state index is 5.89. The van der Waals surface area contributed by atoms with Gasteiger partial charge in [0.05, 0.1) is 11.3 Å². The number of nitrogen functional groups attached to an aromatic ring is 1. The quantitative estimate of drug-likeness (QED) is 0.902. The van der Waals surface area contributed by atoms with Gasteiger partial charge in [-0.2, -0.15) is 0 Å². The lowest BCUT2D eigenvalue weighted by Crippen LogP contribution is -2.00. The molecular weight excluding hydrogens is 248 g/mol. The van der Waals surface area contributed by atoms with E-state index in [-0.39, 0.29) is 0 Å². The average Bonchev–Trinajstić information content (AvgIpc) is 2.72. The molecule has 2 rings (SSSR count). The van der Waals surface area contributed by atoms with Crippen molar-refractivity contribution in [3.63, 3.8) is 0 Å². The van der Waals surface area contributed by atoms with Crippen LogP contribution in [0.4, 0.5) is 5.88 Å². The van der Waals surface area contributed by atoms with Gasteiger partial charge in [0.25, 0.3) is 0 Å². The lowest BCUT2D eigenvalue weighted by molar-refractivity contribution is 0.418. The van der Waals surface area contributed by atoms with E-state index in [0.717, 1.165) is 29.7 Å². The Morgan fingerprint density at radius 3 is 2.61 bits per heavy atom. The molecule has 0 aliphatic carbocycles. The number of hydrogen-bond donors (Lipinski definition) is 1. The summed E-state index contributed by atoms with van der Waals surface area (Å²) in [7, 11) is 0. The van der Waals surface area contributed by atoms with Gasteiger partial charge in [-0.25, -0.2) is 0 Å². The molecule has 18 heavy (non-hydrogen) atoms. The Kier molecular flexibility index (Phi) is 3.92. The van der Waals surface area contributed by atoms with Gasteiger partial charge in [-0.15, -0.1) is 0 Å². The molecule has 1 atom stereocenters. The zero-order valence-corrected chi connectivity index (χ0v) is 11.4. The van der Waals surface area contributed by atoms with Crippen molar-refractivity contribution >= 4 is 17.5 Å². The first-order valence-corrected chi connectivity index (χ1v) is 6.49. The van der Waals surface area contributed by atoms with Crippen molar-refractivity contribution in [2.75, 3.05) is 5.73 Å². The summed E-state index contributed by atoms with van der Waals surface area (Å²) >= 11 is 5.89. The van der Waals surface area contributed by atoms with Crippen LogP contribution < -0.4 is 5.73 Å². The zero-order chi connectivity index (χ0) is 13.1. The Morgan fingerprint density at radius 1 is 1.33 bits per heavy atom. The van der Waals surface area contributed by atoms with Crippen molar-refractivity contribution in [3.8, 4) is 11.1 Å². The van der Waals surface area contributed by atoms with Crippen LogP contribution in [0.25, 0.3) is 11.1 Å². The number of nitrogens with two attached hydrogens (primary N) is 1. The fourth-order valence-corrected chi connectivity index (χ4v) is 2.00. The lowest BCUT2D eigenvalue weighted by atomic mass is 9.97. The summed E-state index contributed by atoms with van der Waals surface area (Å²) in [6.07, 6.45) is 1.97. The molecule has 0 radical (unpaired) electrons. The minimum absolute atomic E-state index is 0.371. The third kappa shape index (κ3) is 2.67. The van der Waals surface area contributed by atoms with E-state index >= 15 is 0 Å². The van der Waals surface area contributed by atoms with Crippen LogP contribution in [0.2, 0.25) is 5.02 Å². The van der Waals surface area contributed by atoms with Crippen LogP contribution >= 0.6 is 11.6 Å². The summed E-state index contributed by atoms with van der Waals surface area (Å²) in [5.74, 6) is 0.927. The minimum Gasteiger partial charge on any atom is -0.367 e. The average molecular weight is 265 g/mol. The number of benzene rings is 1. The van der Waals surface area contributed by atoms with Gasteiger partial charge in [0, 0.05) is 5.02 Å². The first kappa shape index (κ1) is 13.0. The molecule has 1 aromatic heterocycles. The van der Waals surface area contributed by atoms with Crippen LogP contribution in [-0.4, -0.2) is 5.16 Å². The van der Waals surface area contributed by atoms with E-state index in [1.54, 1.807) is 0 Å². The van der Waals surface area contributed by atoms with Crippen molar-refractivity contribution in [1.29, 1.82) is 0 Å². The van der Waals surface area contributed by atoms with Crippen LogP contribution in [0.15, 0.2) is 28.8 Å². The predicted molar refractivity (Wildman–Crippen MR) is 74.5 cm³/mol. The van der Waals surface area contributed by atoms with Crippen LogP contribution in [0.5, 0.6) is 0 Å². The van der Waals surface area contributed by atoms with Gasteiger partial charge < -0.3 is 10.3 Å². The second kappa shape index (κ2) is 5.44. The first-order valence-electron chi connectivity index (χ1n) is 6.11. The Bertz CT molecular complexity index is 519. The van der Waals surface area contributed by atoms with Gasteiger partial charge in [-0.3, -0.25) is 0 Å². The molecule has 3 nitrogen and oxygen atoms in total. The van der Waals surface area contributed by atoms with Gasteiger partial charge in [0.1, 0.15) is 0 Å². The molecule has 0 amide bonds. The molecule has 1 aromatic carbocycles. The SMILES string of the molecule is CCC(C)Cc1noc(N)c1-c1ccc(Cl)cc1. The summed E-state index contributed by atoms with van der Waals surface area (Å²) in [5.41, 5.74) is 8.68. The van der Waals surface area contributed by atoms with E-state index in [2.05, 4.69) is 19.0 Å². The standard InChI is InChI=1S/C14H17ClN2O/c1-3-9(2)8-12-13(14(16)18-17-12)10-4-6-11(15)7-5-10/h4-7,9H,3,8,16H2,1-2H3. The van der Waals surface area contributed by atoms with Crippen LogP contribution in [0, 0.1) is 5.92 Å². The number of aromatic nitrogens is 1. The highest BCUT2D eigenvalue weighted by molar-refractivity contribution is 6.30. The molecule has 2 N–H and O–H groups in total. The lowest BCUT2D eigenvalue weighted by Gasteiger charge is -2.07. The Hall–Kier alpha value is -1.48. The first-order chi connectivity index (χ1) is 8.61. The molecule has 1 unspecified atom stereocenters. The fraction of sp³-hybridized carbons (Fsp3) is 0.357. The topological polar surface area (TPSA) is 52.0 Å².